The molecule has 1 aliphatic carbocycles. The van der Waals surface area contributed by atoms with Gasteiger partial charge in [-0.1, -0.05) is 25.0 Å². The molecule has 3 fully saturated rings. The van der Waals surface area contributed by atoms with Gasteiger partial charge < -0.3 is 19.0 Å². The first-order valence-electron chi connectivity index (χ1n) is 12.5. The minimum atomic E-state index is -1.26. The summed E-state index contributed by atoms with van der Waals surface area (Å²) in [7, 11) is 1.55. The van der Waals surface area contributed by atoms with Gasteiger partial charge in [0.15, 0.2) is 5.76 Å². The van der Waals surface area contributed by atoms with E-state index in [1.165, 1.54) is 11.2 Å². The summed E-state index contributed by atoms with van der Waals surface area (Å²) in [6.07, 6.45) is 4.94. The molecule has 2 saturated heterocycles. The van der Waals surface area contributed by atoms with E-state index in [-0.39, 0.29) is 48.3 Å². The lowest BCUT2D eigenvalue weighted by atomic mass is 9.75. The molecule has 0 N–H and O–H groups in total. The van der Waals surface area contributed by atoms with Crippen molar-refractivity contribution in [1.82, 2.24) is 14.7 Å². The minimum absolute atomic E-state index is 0.0296. The molecule has 1 aromatic heterocycles. The van der Waals surface area contributed by atoms with Crippen LogP contribution < -0.4 is 4.74 Å². The van der Waals surface area contributed by atoms with E-state index in [1.807, 2.05) is 0 Å². The van der Waals surface area contributed by atoms with E-state index in [0.717, 1.165) is 25.7 Å². The number of imide groups is 1. The summed E-state index contributed by atoms with van der Waals surface area (Å²) in [5, 5.41) is 0. The Labute approximate surface area is 210 Å². The molecular formula is C27H31N3O6. The second-order valence-corrected chi connectivity index (χ2v) is 9.83. The number of piperazine rings is 1. The zero-order valence-electron chi connectivity index (χ0n) is 20.5. The number of carbonyl (C=O) groups excluding carboxylic acids is 4. The van der Waals surface area contributed by atoms with Crippen LogP contribution in [0.4, 0.5) is 0 Å². The van der Waals surface area contributed by atoms with Gasteiger partial charge in [0, 0.05) is 45.1 Å². The highest BCUT2D eigenvalue weighted by atomic mass is 16.5. The first kappa shape index (κ1) is 24.1. The van der Waals surface area contributed by atoms with Crippen molar-refractivity contribution in [3.63, 3.8) is 0 Å². The van der Waals surface area contributed by atoms with Crippen molar-refractivity contribution in [2.24, 2.45) is 0 Å². The van der Waals surface area contributed by atoms with Crippen LogP contribution in [-0.4, -0.2) is 77.7 Å². The largest absolute Gasteiger partial charge is 0.497 e. The average Bonchev–Trinajstić information content (AvgIpc) is 3.66. The van der Waals surface area contributed by atoms with Crippen LogP contribution in [0.25, 0.3) is 0 Å². The Bertz CT molecular complexity index is 1150. The van der Waals surface area contributed by atoms with E-state index in [1.54, 1.807) is 53.3 Å². The molecule has 1 aromatic carbocycles. The summed E-state index contributed by atoms with van der Waals surface area (Å²) in [6, 6.07) is 10.3. The molecule has 3 aliphatic rings. The second kappa shape index (κ2) is 9.79. The lowest BCUT2D eigenvalue weighted by Crippen LogP contribution is -2.52. The highest BCUT2D eigenvalue weighted by molar-refractivity contribution is 6.11. The minimum Gasteiger partial charge on any atom is -0.497 e. The maximum atomic E-state index is 13.9. The van der Waals surface area contributed by atoms with Crippen molar-refractivity contribution in [3.8, 4) is 5.75 Å². The number of nitrogens with zero attached hydrogens (tertiary/aromatic N) is 3. The summed E-state index contributed by atoms with van der Waals surface area (Å²) in [6.45, 7) is 1.46. The fourth-order valence-electron chi connectivity index (χ4n) is 5.77. The summed E-state index contributed by atoms with van der Waals surface area (Å²) in [4.78, 5) is 58.1. The first-order chi connectivity index (χ1) is 17.4. The lowest BCUT2D eigenvalue weighted by molar-refractivity contribution is -0.145. The SMILES string of the molecule is COc1cccc(C2(CC(=O)N3CCN(C(=O)c4ccco4)CC3)CC(=O)N(C3CCCC3)C2=O)c1. The van der Waals surface area contributed by atoms with Crippen molar-refractivity contribution in [2.75, 3.05) is 33.3 Å². The van der Waals surface area contributed by atoms with Crippen LogP contribution in [0.3, 0.4) is 0 Å². The molecule has 1 saturated carbocycles. The van der Waals surface area contributed by atoms with Gasteiger partial charge in [0.25, 0.3) is 5.91 Å². The van der Waals surface area contributed by atoms with Crippen LogP contribution in [0.15, 0.2) is 47.1 Å². The molecular weight excluding hydrogens is 462 g/mol. The normalized spacial score (nSPS) is 23.0. The quantitative estimate of drug-likeness (QED) is 0.574. The number of hydrogen-bond acceptors (Lipinski definition) is 6. The Morgan fingerprint density at radius 2 is 1.75 bits per heavy atom. The Kier molecular flexibility index (Phi) is 6.55. The number of benzene rings is 1. The lowest BCUT2D eigenvalue weighted by Gasteiger charge is -2.36. The van der Waals surface area contributed by atoms with Gasteiger partial charge in [0.05, 0.1) is 18.8 Å². The van der Waals surface area contributed by atoms with E-state index in [9.17, 15) is 19.2 Å². The summed E-state index contributed by atoms with van der Waals surface area (Å²) in [5.41, 5.74) is -0.632. The Morgan fingerprint density at radius 1 is 1.03 bits per heavy atom. The van der Waals surface area contributed by atoms with Crippen LogP contribution in [0.2, 0.25) is 0 Å². The van der Waals surface area contributed by atoms with E-state index < -0.39 is 5.41 Å². The average molecular weight is 494 g/mol. The van der Waals surface area contributed by atoms with Gasteiger partial charge in [-0.2, -0.15) is 0 Å². The zero-order valence-corrected chi connectivity index (χ0v) is 20.5. The van der Waals surface area contributed by atoms with Crippen molar-refractivity contribution in [3.05, 3.63) is 54.0 Å². The monoisotopic (exact) mass is 493 g/mol. The molecule has 1 atom stereocenters. The molecule has 9 nitrogen and oxygen atoms in total. The molecule has 1 unspecified atom stereocenters. The molecule has 5 rings (SSSR count). The molecule has 3 heterocycles. The van der Waals surface area contributed by atoms with Gasteiger partial charge in [0.1, 0.15) is 5.75 Å². The first-order valence-corrected chi connectivity index (χ1v) is 12.5. The number of amides is 4. The van der Waals surface area contributed by atoms with Crippen LogP contribution >= 0.6 is 0 Å². The number of carbonyl (C=O) groups is 4. The van der Waals surface area contributed by atoms with Crippen molar-refractivity contribution >= 4 is 23.6 Å². The van der Waals surface area contributed by atoms with Crippen molar-refractivity contribution < 1.29 is 28.3 Å². The second-order valence-electron chi connectivity index (χ2n) is 9.83. The van der Waals surface area contributed by atoms with Crippen LogP contribution in [0.1, 0.15) is 54.6 Å². The van der Waals surface area contributed by atoms with Crippen LogP contribution in [0, 0.1) is 0 Å². The number of ether oxygens (including phenoxy) is 1. The summed E-state index contributed by atoms with van der Waals surface area (Å²) < 4.78 is 10.6. The number of methoxy groups -OCH3 is 1. The highest BCUT2D eigenvalue weighted by Gasteiger charge is 2.56. The number of hydrogen-bond donors (Lipinski definition) is 0. The van der Waals surface area contributed by atoms with Crippen LogP contribution in [-0.2, 0) is 19.8 Å². The standard InChI is InChI=1S/C27H31N3O6/c1-35-21-9-4-6-19(16-21)27(18-24(32)30(26(27)34)20-7-2-3-8-20)17-23(31)28-11-13-29(14-12-28)25(33)22-10-5-15-36-22/h4-6,9-10,15-16,20H,2-3,7-8,11-14,17-18H2,1H3. The third kappa shape index (κ3) is 4.27. The zero-order chi connectivity index (χ0) is 25.3. The fourth-order valence-corrected chi connectivity index (χ4v) is 5.77. The van der Waals surface area contributed by atoms with E-state index in [4.69, 9.17) is 9.15 Å². The topological polar surface area (TPSA) is 100 Å². The summed E-state index contributed by atoms with van der Waals surface area (Å²) in [5.74, 6) is -0.0529. The molecule has 190 valence electrons. The Hall–Kier alpha value is -3.62. The van der Waals surface area contributed by atoms with Gasteiger partial charge in [0.2, 0.25) is 17.7 Å². The summed E-state index contributed by atoms with van der Waals surface area (Å²) >= 11 is 0. The van der Waals surface area contributed by atoms with Crippen molar-refractivity contribution in [1.29, 1.82) is 0 Å². The van der Waals surface area contributed by atoms with Gasteiger partial charge in [-0.25, -0.2) is 0 Å². The molecule has 0 bridgehead atoms. The third-order valence-electron chi connectivity index (χ3n) is 7.77. The number of furan rings is 1. The fraction of sp³-hybridized carbons (Fsp3) is 0.481. The molecule has 2 aliphatic heterocycles. The van der Waals surface area contributed by atoms with Crippen LogP contribution in [0.5, 0.6) is 5.75 Å². The smallest absolute Gasteiger partial charge is 0.289 e. The van der Waals surface area contributed by atoms with Gasteiger partial charge in [-0.15, -0.1) is 0 Å². The van der Waals surface area contributed by atoms with E-state index in [0.29, 0.717) is 37.5 Å². The molecule has 4 amide bonds. The van der Waals surface area contributed by atoms with Crippen molar-refractivity contribution in [2.45, 2.75) is 50.0 Å². The van der Waals surface area contributed by atoms with E-state index in [2.05, 4.69) is 0 Å². The molecule has 0 radical (unpaired) electrons. The Morgan fingerprint density at radius 3 is 2.42 bits per heavy atom. The van der Waals surface area contributed by atoms with Gasteiger partial charge >= 0.3 is 0 Å². The Balaban J connectivity index is 1.36. The third-order valence-corrected chi connectivity index (χ3v) is 7.77. The highest BCUT2D eigenvalue weighted by Crippen LogP contribution is 2.44. The van der Waals surface area contributed by atoms with E-state index >= 15 is 0 Å². The maximum absolute atomic E-state index is 13.9. The number of likely N-dealkylation sites (tertiary alicyclic amines) is 1. The molecule has 9 heteroatoms. The maximum Gasteiger partial charge on any atom is 0.289 e. The van der Waals surface area contributed by atoms with Gasteiger partial charge in [-0.05, 0) is 42.7 Å². The predicted molar refractivity (Wildman–Crippen MR) is 129 cm³/mol. The molecule has 2 aromatic rings. The molecule has 0 spiro atoms. The molecule has 36 heavy (non-hydrogen) atoms. The number of rotatable bonds is 6. The predicted octanol–water partition coefficient (Wildman–Crippen LogP) is 2.60. The van der Waals surface area contributed by atoms with Gasteiger partial charge in [-0.3, -0.25) is 24.1 Å².